The second-order valence-electron chi connectivity index (χ2n) is 3.59. The number of aryl methyl sites for hydroxylation is 2. The maximum Gasteiger partial charge on any atom is 0.309 e. The van der Waals surface area contributed by atoms with E-state index in [1.807, 2.05) is 13.8 Å². The zero-order valence-corrected chi connectivity index (χ0v) is 10.8. The summed E-state index contributed by atoms with van der Waals surface area (Å²) in [6.07, 6.45) is 0.358. The van der Waals surface area contributed by atoms with Gasteiger partial charge in [-0.2, -0.15) is 0 Å². The average molecular weight is 271 g/mol. The Morgan fingerprint density at radius 2 is 1.87 bits per heavy atom. The first-order valence-corrected chi connectivity index (χ1v) is 5.92. The van der Waals surface area contributed by atoms with Crippen LogP contribution in [0.1, 0.15) is 22.3 Å². The molecule has 1 aromatic rings. The van der Waals surface area contributed by atoms with Crippen molar-refractivity contribution in [3.8, 4) is 0 Å². The molecule has 0 radical (unpaired) electrons. The van der Waals surface area contributed by atoms with Crippen LogP contribution in [0.3, 0.4) is 0 Å². The van der Waals surface area contributed by atoms with Crippen LogP contribution in [0.15, 0.2) is 12.1 Å². The molecule has 0 spiro atoms. The average Bonchev–Trinajstić information content (AvgIpc) is 2.22. The van der Waals surface area contributed by atoms with Gasteiger partial charge >= 0.3 is 5.97 Å². The zero-order valence-electron chi connectivity index (χ0n) is 9.26. The SMILES string of the molecule is COC(=O)Cc1c(C)cc(CBr)cc1C. The molecular weight excluding hydrogens is 256 g/mol. The summed E-state index contributed by atoms with van der Waals surface area (Å²) in [5.74, 6) is -0.187. The van der Waals surface area contributed by atoms with E-state index in [1.54, 1.807) is 0 Å². The minimum Gasteiger partial charge on any atom is -0.469 e. The van der Waals surface area contributed by atoms with Crippen LogP contribution < -0.4 is 0 Å². The Labute approximate surface area is 98.8 Å². The normalized spacial score (nSPS) is 10.1. The van der Waals surface area contributed by atoms with E-state index in [0.29, 0.717) is 6.42 Å². The third-order valence-corrected chi connectivity index (χ3v) is 3.11. The number of alkyl halides is 1. The fourth-order valence-corrected chi connectivity index (χ4v) is 1.98. The summed E-state index contributed by atoms with van der Waals surface area (Å²) >= 11 is 3.42. The van der Waals surface area contributed by atoms with Gasteiger partial charge in [-0.15, -0.1) is 0 Å². The maximum atomic E-state index is 11.2. The largest absolute Gasteiger partial charge is 0.469 e. The molecule has 2 nitrogen and oxygen atoms in total. The Morgan fingerprint density at radius 3 is 2.27 bits per heavy atom. The van der Waals surface area contributed by atoms with Gasteiger partial charge in [-0.1, -0.05) is 28.1 Å². The van der Waals surface area contributed by atoms with Crippen molar-refractivity contribution in [2.75, 3.05) is 7.11 Å². The van der Waals surface area contributed by atoms with E-state index in [-0.39, 0.29) is 5.97 Å². The first kappa shape index (κ1) is 12.2. The lowest BCUT2D eigenvalue weighted by Crippen LogP contribution is -2.07. The molecule has 3 heteroatoms. The molecule has 0 amide bonds. The van der Waals surface area contributed by atoms with Crippen LogP contribution in [0.25, 0.3) is 0 Å². The molecule has 0 saturated carbocycles. The Hall–Kier alpha value is -0.830. The summed E-state index contributed by atoms with van der Waals surface area (Å²) in [6.45, 7) is 4.05. The van der Waals surface area contributed by atoms with Crippen LogP contribution >= 0.6 is 15.9 Å². The third kappa shape index (κ3) is 3.06. The first-order chi connectivity index (χ1) is 7.08. The molecule has 82 valence electrons. The second-order valence-corrected chi connectivity index (χ2v) is 4.16. The predicted octanol–water partition coefficient (Wildman–Crippen LogP) is 2.91. The molecule has 0 aliphatic carbocycles. The van der Waals surface area contributed by atoms with Gasteiger partial charge in [0.15, 0.2) is 0 Å². The number of hydrogen-bond donors (Lipinski definition) is 0. The fourth-order valence-electron chi connectivity index (χ4n) is 1.66. The highest BCUT2D eigenvalue weighted by molar-refractivity contribution is 9.08. The highest BCUT2D eigenvalue weighted by atomic mass is 79.9. The minimum atomic E-state index is -0.187. The van der Waals surface area contributed by atoms with Gasteiger partial charge in [-0.05, 0) is 36.1 Å². The number of methoxy groups -OCH3 is 1. The molecule has 0 unspecified atom stereocenters. The van der Waals surface area contributed by atoms with Crippen LogP contribution in [-0.2, 0) is 21.3 Å². The summed E-state index contributed by atoms with van der Waals surface area (Å²) < 4.78 is 4.67. The lowest BCUT2D eigenvalue weighted by molar-refractivity contribution is -0.139. The number of rotatable bonds is 3. The molecule has 0 aliphatic rings. The van der Waals surface area contributed by atoms with Crippen molar-refractivity contribution in [3.05, 3.63) is 34.4 Å². The van der Waals surface area contributed by atoms with Crippen molar-refractivity contribution < 1.29 is 9.53 Å². The molecular formula is C12H15BrO2. The van der Waals surface area contributed by atoms with E-state index < -0.39 is 0 Å². The summed E-state index contributed by atoms with van der Waals surface area (Å²) in [5, 5.41) is 0.840. The smallest absolute Gasteiger partial charge is 0.309 e. The van der Waals surface area contributed by atoms with Crippen molar-refractivity contribution in [1.29, 1.82) is 0 Å². The molecule has 0 heterocycles. The summed E-state index contributed by atoms with van der Waals surface area (Å²) in [5.41, 5.74) is 4.61. The quantitative estimate of drug-likeness (QED) is 0.624. The van der Waals surface area contributed by atoms with Crippen LogP contribution in [0.5, 0.6) is 0 Å². The molecule has 0 N–H and O–H groups in total. The molecule has 0 atom stereocenters. The van der Waals surface area contributed by atoms with E-state index in [2.05, 4.69) is 32.8 Å². The lowest BCUT2D eigenvalue weighted by atomic mass is 9.97. The monoisotopic (exact) mass is 270 g/mol. The van der Waals surface area contributed by atoms with Crippen molar-refractivity contribution in [2.24, 2.45) is 0 Å². The Morgan fingerprint density at radius 1 is 1.33 bits per heavy atom. The lowest BCUT2D eigenvalue weighted by Gasteiger charge is -2.10. The standard InChI is InChI=1S/C12H15BrO2/c1-8-4-10(7-13)5-9(2)11(8)6-12(14)15-3/h4-5H,6-7H2,1-3H3. The van der Waals surface area contributed by atoms with Gasteiger partial charge < -0.3 is 4.74 Å². The maximum absolute atomic E-state index is 11.2. The van der Waals surface area contributed by atoms with Crippen LogP contribution in [-0.4, -0.2) is 13.1 Å². The van der Waals surface area contributed by atoms with Gasteiger partial charge in [0.25, 0.3) is 0 Å². The molecule has 15 heavy (non-hydrogen) atoms. The van der Waals surface area contributed by atoms with E-state index in [4.69, 9.17) is 0 Å². The van der Waals surface area contributed by atoms with Crippen molar-refractivity contribution in [2.45, 2.75) is 25.6 Å². The van der Waals surface area contributed by atoms with Crippen molar-refractivity contribution >= 4 is 21.9 Å². The van der Waals surface area contributed by atoms with E-state index in [9.17, 15) is 4.79 Å². The Bertz CT molecular complexity index is 349. The van der Waals surface area contributed by atoms with E-state index >= 15 is 0 Å². The van der Waals surface area contributed by atoms with Crippen molar-refractivity contribution in [3.63, 3.8) is 0 Å². The third-order valence-electron chi connectivity index (χ3n) is 2.46. The topological polar surface area (TPSA) is 26.3 Å². The number of carbonyl (C=O) groups excluding carboxylic acids is 1. The van der Waals surface area contributed by atoms with E-state index in [0.717, 1.165) is 22.0 Å². The molecule has 0 fully saturated rings. The minimum absolute atomic E-state index is 0.187. The predicted molar refractivity (Wildman–Crippen MR) is 64.3 cm³/mol. The van der Waals surface area contributed by atoms with Gasteiger partial charge in [-0.25, -0.2) is 0 Å². The number of halogens is 1. The van der Waals surface area contributed by atoms with E-state index in [1.165, 1.54) is 12.7 Å². The van der Waals surface area contributed by atoms with Gasteiger partial charge in [-0.3, -0.25) is 4.79 Å². The van der Waals surface area contributed by atoms with Crippen LogP contribution in [0.2, 0.25) is 0 Å². The van der Waals surface area contributed by atoms with Crippen LogP contribution in [0.4, 0.5) is 0 Å². The number of esters is 1. The zero-order chi connectivity index (χ0) is 11.4. The van der Waals surface area contributed by atoms with Crippen LogP contribution in [0, 0.1) is 13.8 Å². The molecule has 0 saturated heterocycles. The first-order valence-electron chi connectivity index (χ1n) is 4.80. The number of carbonyl (C=O) groups is 1. The number of benzene rings is 1. The molecule has 0 aliphatic heterocycles. The van der Waals surface area contributed by atoms with Gasteiger partial charge in [0.05, 0.1) is 13.5 Å². The summed E-state index contributed by atoms with van der Waals surface area (Å²) in [6, 6.07) is 4.19. The highest BCUT2D eigenvalue weighted by Crippen LogP contribution is 2.19. The molecule has 1 aromatic carbocycles. The van der Waals surface area contributed by atoms with Crippen molar-refractivity contribution in [1.82, 2.24) is 0 Å². The molecule has 0 aromatic heterocycles. The highest BCUT2D eigenvalue weighted by Gasteiger charge is 2.09. The van der Waals surface area contributed by atoms with Gasteiger partial charge in [0, 0.05) is 5.33 Å². The summed E-state index contributed by atoms with van der Waals surface area (Å²) in [7, 11) is 1.42. The fraction of sp³-hybridized carbons (Fsp3) is 0.417. The van der Waals surface area contributed by atoms with Gasteiger partial charge in [0.2, 0.25) is 0 Å². The molecule has 0 bridgehead atoms. The number of hydrogen-bond acceptors (Lipinski definition) is 2. The van der Waals surface area contributed by atoms with Gasteiger partial charge in [0.1, 0.15) is 0 Å². The Balaban J connectivity index is 3.03. The molecule has 1 rings (SSSR count). The summed E-state index contributed by atoms with van der Waals surface area (Å²) in [4.78, 5) is 11.2. The second kappa shape index (κ2) is 5.31. The number of ether oxygens (including phenoxy) is 1. The Kier molecular flexibility index (Phi) is 4.33.